The van der Waals surface area contributed by atoms with Crippen LogP contribution in [0, 0.1) is 5.92 Å². The van der Waals surface area contributed by atoms with Crippen molar-refractivity contribution in [1.29, 1.82) is 0 Å². The summed E-state index contributed by atoms with van der Waals surface area (Å²) < 4.78 is 0. The summed E-state index contributed by atoms with van der Waals surface area (Å²) in [5.74, 6) is -1.20. The first-order valence-electron chi connectivity index (χ1n) is 4.36. The highest BCUT2D eigenvalue weighted by Gasteiger charge is 2.33. The molecular formula is C8H18N4O2. The molecule has 82 valence electrons. The molecule has 6 heteroatoms. The number of carboxylic acid groups (broad SMARTS) is 1. The molecule has 0 aromatic rings. The van der Waals surface area contributed by atoms with E-state index in [4.69, 9.17) is 22.3 Å². The molecule has 0 heterocycles. The molecule has 0 aliphatic rings. The summed E-state index contributed by atoms with van der Waals surface area (Å²) in [5.41, 5.74) is 14.6. The number of aliphatic carboxylic acids is 1. The van der Waals surface area contributed by atoms with Gasteiger partial charge in [-0.1, -0.05) is 6.92 Å². The number of nitrogens with zero attached hydrogens (tertiary/aromatic N) is 1. The number of rotatable bonds is 5. The Kier molecular flexibility index (Phi) is 4.36. The maximum absolute atomic E-state index is 10.7. The maximum Gasteiger partial charge on any atom is 0.323 e. The van der Waals surface area contributed by atoms with Crippen molar-refractivity contribution in [2.75, 3.05) is 6.54 Å². The van der Waals surface area contributed by atoms with Crippen LogP contribution in [0.2, 0.25) is 0 Å². The van der Waals surface area contributed by atoms with E-state index in [1.165, 1.54) is 6.92 Å². The summed E-state index contributed by atoms with van der Waals surface area (Å²) in [6.07, 6.45) is 0.539. The quantitative estimate of drug-likeness (QED) is 0.339. The molecule has 0 spiro atoms. The standard InChI is InChI=1S/C8H18N4O2/c1-5(3-4-12-7(9)10)8(2,11)6(13)14/h5H,3-4,11H2,1-2H3,(H,13,14)(H4,9,10,12). The molecule has 7 N–H and O–H groups in total. The van der Waals surface area contributed by atoms with Gasteiger partial charge in [0.2, 0.25) is 0 Å². The number of guanidine groups is 1. The van der Waals surface area contributed by atoms with Gasteiger partial charge in [-0.25, -0.2) is 0 Å². The molecule has 2 atom stereocenters. The summed E-state index contributed by atoms with van der Waals surface area (Å²) in [7, 11) is 0. The molecular weight excluding hydrogens is 184 g/mol. The molecule has 2 unspecified atom stereocenters. The van der Waals surface area contributed by atoms with E-state index in [1.807, 2.05) is 0 Å². The topological polar surface area (TPSA) is 128 Å². The molecule has 0 aromatic carbocycles. The summed E-state index contributed by atoms with van der Waals surface area (Å²) in [4.78, 5) is 14.5. The van der Waals surface area contributed by atoms with Crippen molar-refractivity contribution in [2.45, 2.75) is 25.8 Å². The minimum atomic E-state index is -1.24. The largest absolute Gasteiger partial charge is 0.480 e. The van der Waals surface area contributed by atoms with Crippen LogP contribution in [-0.4, -0.2) is 29.1 Å². The Hall–Kier alpha value is -1.30. The zero-order chi connectivity index (χ0) is 11.4. The van der Waals surface area contributed by atoms with Crippen LogP contribution in [0.5, 0.6) is 0 Å². The Balaban J connectivity index is 4.15. The molecule has 0 saturated carbocycles. The minimum Gasteiger partial charge on any atom is -0.480 e. The van der Waals surface area contributed by atoms with E-state index in [1.54, 1.807) is 6.92 Å². The van der Waals surface area contributed by atoms with Crippen molar-refractivity contribution in [3.8, 4) is 0 Å². The molecule has 0 bridgehead atoms. The molecule has 0 radical (unpaired) electrons. The fourth-order valence-corrected chi connectivity index (χ4v) is 0.898. The Bertz CT molecular complexity index is 233. The van der Waals surface area contributed by atoms with E-state index in [0.717, 1.165) is 0 Å². The lowest BCUT2D eigenvalue weighted by Crippen LogP contribution is -2.50. The van der Waals surface area contributed by atoms with Gasteiger partial charge in [-0.05, 0) is 19.3 Å². The fraction of sp³-hybridized carbons (Fsp3) is 0.750. The second-order valence-electron chi connectivity index (χ2n) is 3.58. The van der Waals surface area contributed by atoms with Crippen molar-refractivity contribution >= 4 is 11.9 Å². The SMILES string of the molecule is CC(CCN=C(N)N)C(C)(N)C(=O)O. The Morgan fingerprint density at radius 3 is 2.43 bits per heavy atom. The molecule has 0 aliphatic heterocycles. The minimum absolute atomic E-state index is 0.00579. The van der Waals surface area contributed by atoms with Gasteiger partial charge in [-0.15, -0.1) is 0 Å². The number of carbonyl (C=O) groups is 1. The number of hydrogen-bond donors (Lipinski definition) is 4. The van der Waals surface area contributed by atoms with Gasteiger partial charge >= 0.3 is 5.97 Å². The van der Waals surface area contributed by atoms with E-state index >= 15 is 0 Å². The summed E-state index contributed by atoms with van der Waals surface area (Å²) in [6.45, 7) is 3.63. The van der Waals surface area contributed by atoms with E-state index < -0.39 is 11.5 Å². The van der Waals surface area contributed by atoms with Crippen LogP contribution >= 0.6 is 0 Å². The van der Waals surface area contributed by atoms with Crippen molar-refractivity contribution in [1.82, 2.24) is 0 Å². The third-order valence-corrected chi connectivity index (χ3v) is 2.34. The first-order chi connectivity index (χ1) is 6.28. The zero-order valence-electron chi connectivity index (χ0n) is 8.53. The predicted octanol–water partition coefficient (Wildman–Crippen LogP) is -0.912. The normalized spacial score (nSPS) is 16.8. The number of nitrogens with two attached hydrogens (primary N) is 3. The Morgan fingerprint density at radius 2 is 2.07 bits per heavy atom. The predicted molar refractivity (Wildman–Crippen MR) is 54.7 cm³/mol. The van der Waals surface area contributed by atoms with E-state index in [9.17, 15) is 4.79 Å². The fourth-order valence-electron chi connectivity index (χ4n) is 0.898. The highest BCUT2D eigenvalue weighted by molar-refractivity contribution is 5.78. The van der Waals surface area contributed by atoms with E-state index in [2.05, 4.69) is 4.99 Å². The van der Waals surface area contributed by atoms with Gasteiger partial charge in [-0.2, -0.15) is 0 Å². The van der Waals surface area contributed by atoms with Crippen molar-refractivity contribution in [3.05, 3.63) is 0 Å². The molecule has 0 aromatic heterocycles. The highest BCUT2D eigenvalue weighted by atomic mass is 16.4. The van der Waals surface area contributed by atoms with Gasteiger partial charge in [0.25, 0.3) is 0 Å². The van der Waals surface area contributed by atoms with Crippen LogP contribution in [0.3, 0.4) is 0 Å². The second kappa shape index (κ2) is 4.80. The molecule has 14 heavy (non-hydrogen) atoms. The summed E-state index contributed by atoms with van der Waals surface area (Å²) in [6, 6.07) is 0. The lowest BCUT2D eigenvalue weighted by atomic mass is 9.86. The Morgan fingerprint density at radius 1 is 1.57 bits per heavy atom. The van der Waals surface area contributed by atoms with Crippen molar-refractivity contribution < 1.29 is 9.90 Å². The molecule has 0 saturated heterocycles. The average molecular weight is 202 g/mol. The lowest BCUT2D eigenvalue weighted by Gasteiger charge is -2.26. The molecule has 0 rings (SSSR count). The van der Waals surface area contributed by atoms with Gasteiger partial charge in [0.05, 0.1) is 0 Å². The third kappa shape index (κ3) is 3.61. The van der Waals surface area contributed by atoms with Crippen molar-refractivity contribution in [2.24, 2.45) is 28.1 Å². The van der Waals surface area contributed by atoms with Crippen LogP contribution in [-0.2, 0) is 4.79 Å². The zero-order valence-corrected chi connectivity index (χ0v) is 8.53. The third-order valence-electron chi connectivity index (χ3n) is 2.34. The van der Waals surface area contributed by atoms with Gasteiger partial charge in [0.15, 0.2) is 5.96 Å². The molecule has 0 fully saturated rings. The lowest BCUT2D eigenvalue weighted by molar-refractivity contribution is -0.144. The molecule has 0 aliphatic carbocycles. The van der Waals surface area contributed by atoms with Crippen molar-refractivity contribution in [3.63, 3.8) is 0 Å². The van der Waals surface area contributed by atoms with Crippen LogP contribution in [0.25, 0.3) is 0 Å². The molecule has 6 nitrogen and oxygen atoms in total. The first-order valence-corrected chi connectivity index (χ1v) is 4.36. The van der Waals surface area contributed by atoms with Gasteiger partial charge in [0.1, 0.15) is 5.54 Å². The van der Waals surface area contributed by atoms with Crippen LogP contribution in [0.4, 0.5) is 0 Å². The van der Waals surface area contributed by atoms with E-state index in [-0.39, 0.29) is 11.9 Å². The first kappa shape index (κ1) is 12.7. The number of aliphatic imine (C=N–C) groups is 1. The number of carboxylic acids is 1. The van der Waals surface area contributed by atoms with Gasteiger partial charge in [0, 0.05) is 6.54 Å². The Labute approximate surface area is 83.2 Å². The second-order valence-corrected chi connectivity index (χ2v) is 3.58. The number of hydrogen-bond acceptors (Lipinski definition) is 3. The van der Waals surface area contributed by atoms with Crippen LogP contribution in [0.1, 0.15) is 20.3 Å². The monoisotopic (exact) mass is 202 g/mol. The van der Waals surface area contributed by atoms with E-state index in [0.29, 0.717) is 13.0 Å². The maximum atomic E-state index is 10.7. The average Bonchev–Trinajstić information content (AvgIpc) is 2.02. The molecule has 0 amide bonds. The highest BCUT2D eigenvalue weighted by Crippen LogP contribution is 2.17. The summed E-state index contributed by atoms with van der Waals surface area (Å²) >= 11 is 0. The smallest absolute Gasteiger partial charge is 0.323 e. The van der Waals surface area contributed by atoms with Crippen LogP contribution in [0.15, 0.2) is 4.99 Å². The van der Waals surface area contributed by atoms with Gasteiger partial charge < -0.3 is 22.3 Å². The summed E-state index contributed by atoms with van der Waals surface area (Å²) in [5, 5.41) is 8.81. The van der Waals surface area contributed by atoms with Crippen LogP contribution < -0.4 is 17.2 Å². The van der Waals surface area contributed by atoms with Gasteiger partial charge in [-0.3, -0.25) is 9.79 Å².